The average Bonchev–Trinajstić information content (AvgIpc) is 2.72. The van der Waals surface area contributed by atoms with E-state index in [1.807, 2.05) is 0 Å². The van der Waals surface area contributed by atoms with Crippen molar-refractivity contribution in [1.29, 1.82) is 0 Å². The second-order valence-corrected chi connectivity index (χ2v) is 5.14. The fourth-order valence-electron chi connectivity index (χ4n) is 1.37. The van der Waals surface area contributed by atoms with Crippen molar-refractivity contribution in [2.24, 2.45) is 0 Å². The third-order valence-corrected chi connectivity index (χ3v) is 3.09. The fourth-order valence-corrected chi connectivity index (χ4v) is 2.05. The van der Waals surface area contributed by atoms with Gasteiger partial charge in [0.2, 0.25) is 0 Å². The lowest BCUT2D eigenvalue weighted by molar-refractivity contribution is 0.0691. The molecule has 0 spiro atoms. The molecule has 0 unspecified atom stereocenters. The predicted molar refractivity (Wildman–Crippen MR) is 71.8 cm³/mol. The van der Waals surface area contributed by atoms with Gasteiger partial charge in [0.1, 0.15) is 23.7 Å². The molecule has 1 N–H and O–H groups in total. The van der Waals surface area contributed by atoms with Crippen LogP contribution in [0.2, 0.25) is 0 Å². The maximum absolute atomic E-state index is 11.0. The lowest BCUT2D eigenvalue weighted by Crippen LogP contribution is -2.03. The van der Waals surface area contributed by atoms with E-state index >= 15 is 0 Å². The van der Waals surface area contributed by atoms with Gasteiger partial charge in [-0.15, -0.1) is 0 Å². The summed E-state index contributed by atoms with van der Waals surface area (Å²) in [4.78, 5) is 11.0. The Morgan fingerprint density at radius 2 is 2.06 bits per heavy atom. The SMILES string of the molecule is O=C(O)c1ccc(Br)cc1OCc1ccc(Br)o1. The first-order valence-corrected chi connectivity index (χ1v) is 6.55. The van der Waals surface area contributed by atoms with Crippen molar-refractivity contribution >= 4 is 37.8 Å². The van der Waals surface area contributed by atoms with Crippen LogP contribution in [-0.2, 0) is 6.61 Å². The van der Waals surface area contributed by atoms with Gasteiger partial charge in [0, 0.05) is 4.47 Å². The number of carbonyl (C=O) groups is 1. The minimum atomic E-state index is -1.03. The number of halogens is 2. The van der Waals surface area contributed by atoms with E-state index < -0.39 is 5.97 Å². The lowest BCUT2D eigenvalue weighted by atomic mass is 10.2. The molecular formula is C12H8Br2O4. The van der Waals surface area contributed by atoms with Gasteiger partial charge >= 0.3 is 5.97 Å². The molecule has 0 aliphatic carbocycles. The van der Waals surface area contributed by atoms with E-state index in [4.69, 9.17) is 14.3 Å². The fraction of sp³-hybridized carbons (Fsp3) is 0.0833. The summed E-state index contributed by atoms with van der Waals surface area (Å²) in [5.41, 5.74) is 0.115. The second kappa shape index (κ2) is 5.58. The molecule has 1 heterocycles. The highest BCUT2D eigenvalue weighted by Crippen LogP contribution is 2.25. The maximum atomic E-state index is 11.0. The van der Waals surface area contributed by atoms with Crippen molar-refractivity contribution in [1.82, 2.24) is 0 Å². The number of carboxylic acids is 1. The minimum Gasteiger partial charge on any atom is -0.485 e. The number of hydrogen-bond donors (Lipinski definition) is 1. The van der Waals surface area contributed by atoms with Gasteiger partial charge in [-0.2, -0.15) is 0 Å². The summed E-state index contributed by atoms with van der Waals surface area (Å²) in [6.45, 7) is 0.169. The summed E-state index contributed by atoms with van der Waals surface area (Å²) in [6.07, 6.45) is 0. The molecular weight excluding hydrogens is 368 g/mol. The highest BCUT2D eigenvalue weighted by Gasteiger charge is 2.12. The first kappa shape index (κ1) is 13.2. The second-order valence-electron chi connectivity index (χ2n) is 3.44. The van der Waals surface area contributed by atoms with E-state index in [0.717, 1.165) is 4.47 Å². The molecule has 0 radical (unpaired) electrons. The van der Waals surface area contributed by atoms with Gasteiger partial charge in [-0.05, 0) is 46.3 Å². The first-order valence-electron chi connectivity index (χ1n) is 4.96. The lowest BCUT2D eigenvalue weighted by Gasteiger charge is -2.08. The molecule has 0 aliphatic heterocycles. The third kappa shape index (κ3) is 3.14. The van der Waals surface area contributed by atoms with E-state index in [-0.39, 0.29) is 12.2 Å². The number of carboxylic acid groups (broad SMARTS) is 1. The molecule has 94 valence electrons. The van der Waals surface area contributed by atoms with Crippen LogP contribution in [0.15, 0.2) is 43.9 Å². The van der Waals surface area contributed by atoms with Gasteiger partial charge in [-0.1, -0.05) is 15.9 Å². The zero-order valence-electron chi connectivity index (χ0n) is 9.02. The number of ether oxygens (including phenoxy) is 1. The van der Waals surface area contributed by atoms with Gasteiger partial charge in [0.05, 0.1) is 0 Å². The van der Waals surface area contributed by atoms with Crippen LogP contribution in [-0.4, -0.2) is 11.1 Å². The molecule has 1 aromatic carbocycles. The Morgan fingerprint density at radius 3 is 2.67 bits per heavy atom. The van der Waals surface area contributed by atoms with Crippen LogP contribution >= 0.6 is 31.9 Å². The highest BCUT2D eigenvalue weighted by molar-refractivity contribution is 9.10. The summed E-state index contributed by atoms with van der Waals surface area (Å²) < 4.78 is 12.1. The van der Waals surface area contributed by atoms with Gasteiger partial charge < -0.3 is 14.3 Å². The minimum absolute atomic E-state index is 0.115. The Hall–Kier alpha value is -1.27. The van der Waals surface area contributed by atoms with E-state index in [1.165, 1.54) is 6.07 Å². The summed E-state index contributed by atoms with van der Waals surface area (Å²) >= 11 is 6.46. The molecule has 2 rings (SSSR count). The van der Waals surface area contributed by atoms with Crippen molar-refractivity contribution in [3.63, 3.8) is 0 Å². The molecule has 0 atom stereocenters. The summed E-state index contributed by atoms with van der Waals surface area (Å²) in [5.74, 6) is -0.124. The molecule has 0 saturated heterocycles. The van der Waals surface area contributed by atoms with Crippen LogP contribution in [0.3, 0.4) is 0 Å². The standard InChI is InChI=1S/C12H8Br2O4/c13-7-1-3-9(12(15)16)10(5-7)17-6-8-2-4-11(14)18-8/h1-5H,6H2,(H,15,16). The highest BCUT2D eigenvalue weighted by atomic mass is 79.9. The summed E-state index contributed by atoms with van der Waals surface area (Å²) in [5, 5.41) is 9.03. The quantitative estimate of drug-likeness (QED) is 0.874. The van der Waals surface area contributed by atoms with E-state index in [0.29, 0.717) is 16.2 Å². The maximum Gasteiger partial charge on any atom is 0.339 e. The Kier molecular flexibility index (Phi) is 4.08. The molecule has 0 fully saturated rings. The van der Waals surface area contributed by atoms with Crippen molar-refractivity contribution in [2.75, 3.05) is 0 Å². The topological polar surface area (TPSA) is 59.7 Å². The molecule has 1 aromatic heterocycles. The van der Waals surface area contributed by atoms with Crippen molar-refractivity contribution < 1.29 is 19.1 Å². The van der Waals surface area contributed by atoms with Crippen molar-refractivity contribution in [3.05, 3.63) is 50.8 Å². The summed E-state index contributed by atoms with van der Waals surface area (Å²) in [6, 6.07) is 8.25. The van der Waals surface area contributed by atoms with Crippen LogP contribution in [0.5, 0.6) is 5.75 Å². The monoisotopic (exact) mass is 374 g/mol. The normalized spacial score (nSPS) is 10.3. The summed E-state index contributed by atoms with van der Waals surface area (Å²) in [7, 11) is 0. The zero-order valence-corrected chi connectivity index (χ0v) is 12.2. The van der Waals surface area contributed by atoms with E-state index in [1.54, 1.807) is 24.3 Å². The number of rotatable bonds is 4. The van der Waals surface area contributed by atoms with Crippen LogP contribution in [0.25, 0.3) is 0 Å². The van der Waals surface area contributed by atoms with Gasteiger partial charge in [0.25, 0.3) is 0 Å². The van der Waals surface area contributed by atoms with Gasteiger partial charge in [0.15, 0.2) is 4.67 Å². The number of aromatic carboxylic acids is 1. The number of furan rings is 1. The Balaban J connectivity index is 2.17. The number of benzene rings is 1. The van der Waals surface area contributed by atoms with Gasteiger partial charge in [-0.25, -0.2) is 4.79 Å². The van der Waals surface area contributed by atoms with Crippen LogP contribution in [0.4, 0.5) is 0 Å². The zero-order chi connectivity index (χ0) is 13.1. The van der Waals surface area contributed by atoms with Crippen LogP contribution < -0.4 is 4.74 Å². The first-order chi connectivity index (χ1) is 8.56. The molecule has 0 amide bonds. The predicted octanol–water partition coefficient (Wildman–Crippen LogP) is 4.08. The Bertz CT molecular complexity index is 577. The smallest absolute Gasteiger partial charge is 0.339 e. The molecule has 0 bridgehead atoms. The van der Waals surface area contributed by atoms with E-state index in [2.05, 4.69) is 31.9 Å². The average molecular weight is 376 g/mol. The largest absolute Gasteiger partial charge is 0.485 e. The third-order valence-electron chi connectivity index (χ3n) is 2.17. The Labute approximate surface area is 120 Å². The molecule has 0 aliphatic rings. The van der Waals surface area contributed by atoms with Gasteiger partial charge in [-0.3, -0.25) is 0 Å². The van der Waals surface area contributed by atoms with Crippen molar-refractivity contribution in [2.45, 2.75) is 6.61 Å². The van der Waals surface area contributed by atoms with E-state index in [9.17, 15) is 4.79 Å². The van der Waals surface area contributed by atoms with Crippen molar-refractivity contribution in [3.8, 4) is 5.75 Å². The number of hydrogen-bond acceptors (Lipinski definition) is 3. The Morgan fingerprint density at radius 1 is 1.28 bits per heavy atom. The molecule has 18 heavy (non-hydrogen) atoms. The molecule has 0 saturated carbocycles. The van der Waals surface area contributed by atoms with Crippen LogP contribution in [0, 0.1) is 0 Å². The van der Waals surface area contributed by atoms with Crippen LogP contribution in [0.1, 0.15) is 16.1 Å². The molecule has 2 aromatic rings. The molecule has 6 heteroatoms. The molecule has 4 nitrogen and oxygen atoms in total.